The summed E-state index contributed by atoms with van der Waals surface area (Å²) in [6.45, 7) is 1.86. The topological polar surface area (TPSA) is 85.6 Å². The van der Waals surface area contributed by atoms with Crippen molar-refractivity contribution in [2.75, 3.05) is 12.4 Å². The fourth-order valence-corrected chi connectivity index (χ4v) is 4.50. The van der Waals surface area contributed by atoms with Gasteiger partial charge in [0.25, 0.3) is 5.91 Å². The Hall–Kier alpha value is -4.65. The Morgan fingerprint density at radius 3 is 2.57 bits per heavy atom. The number of aromatic nitrogens is 3. The van der Waals surface area contributed by atoms with Crippen LogP contribution in [0.25, 0.3) is 5.65 Å². The van der Waals surface area contributed by atoms with Gasteiger partial charge in [0.05, 0.1) is 18.9 Å². The van der Waals surface area contributed by atoms with E-state index < -0.39 is 17.6 Å². The molecule has 0 unspecified atom stereocenters. The van der Waals surface area contributed by atoms with Crippen LogP contribution < -0.4 is 5.32 Å². The molecular formula is C32H31F3N4O3. The van der Waals surface area contributed by atoms with E-state index in [1.54, 1.807) is 41.2 Å². The predicted octanol–water partition coefficient (Wildman–Crippen LogP) is 6.76. The second-order valence-electron chi connectivity index (χ2n) is 9.88. The normalized spacial score (nSPS) is 11.2. The van der Waals surface area contributed by atoms with Crippen molar-refractivity contribution in [3.8, 4) is 11.8 Å². The summed E-state index contributed by atoms with van der Waals surface area (Å²) >= 11 is 0. The molecule has 10 heteroatoms. The van der Waals surface area contributed by atoms with Crippen LogP contribution in [0.4, 0.5) is 18.9 Å². The third-order valence-corrected chi connectivity index (χ3v) is 6.83. The van der Waals surface area contributed by atoms with Crippen molar-refractivity contribution in [1.82, 2.24) is 14.6 Å². The Bertz CT molecular complexity index is 1630. The number of benzene rings is 2. The van der Waals surface area contributed by atoms with Crippen LogP contribution in [0.15, 0.2) is 60.9 Å². The molecule has 0 aliphatic rings. The van der Waals surface area contributed by atoms with Gasteiger partial charge in [0.15, 0.2) is 5.65 Å². The fourth-order valence-electron chi connectivity index (χ4n) is 4.50. The molecule has 42 heavy (non-hydrogen) atoms. The van der Waals surface area contributed by atoms with E-state index in [1.165, 1.54) is 19.2 Å². The minimum atomic E-state index is -4.56. The largest absolute Gasteiger partial charge is 0.469 e. The quantitative estimate of drug-likeness (QED) is 0.128. The third-order valence-electron chi connectivity index (χ3n) is 6.83. The molecule has 0 aliphatic carbocycles. The van der Waals surface area contributed by atoms with Crippen LogP contribution in [-0.2, 0) is 22.1 Å². The summed E-state index contributed by atoms with van der Waals surface area (Å²) in [5.74, 6) is 5.27. The van der Waals surface area contributed by atoms with E-state index in [0.717, 1.165) is 30.9 Å². The first-order chi connectivity index (χ1) is 20.2. The lowest BCUT2D eigenvalue weighted by molar-refractivity contribution is -0.141. The average Bonchev–Trinajstić information content (AvgIpc) is 3.39. The molecule has 0 saturated heterocycles. The van der Waals surface area contributed by atoms with E-state index in [-0.39, 0.29) is 29.2 Å². The van der Waals surface area contributed by atoms with Crippen molar-refractivity contribution in [3.63, 3.8) is 0 Å². The van der Waals surface area contributed by atoms with Crippen LogP contribution in [-0.4, -0.2) is 33.6 Å². The summed E-state index contributed by atoms with van der Waals surface area (Å²) in [4.78, 5) is 28.4. The van der Waals surface area contributed by atoms with Gasteiger partial charge in [-0.05, 0) is 79.6 Å². The molecule has 0 aliphatic heterocycles. The van der Waals surface area contributed by atoms with Gasteiger partial charge >= 0.3 is 12.1 Å². The zero-order valence-electron chi connectivity index (χ0n) is 23.4. The molecule has 1 N–H and O–H groups in total. The predicted molar refractivity (Wildman–Crippen MR) is 153 cm³/mol. The molecule has 0 saturated carbocycles. The number of unbranched alkanes of at least 4 members (excludes halogenated alkanes) is 4. The van der Waals surface area contributed by atoms with Crippen LogP contribution in [0.1, 0.15) is 76.8 Å². The van der Waals surface area contributed by atoms with Crippen LogP contribution in [0, 0.1) is 18.8 Å². The number of carbonyl (C=O) groups excluding carboxylic acids is 2. The van der Waals surface area contributed by atoms with Gasteiger partial charge in [-0.15, -0.1) is 0 Å². The Kier molecular flexibility index (Phi) is 9.97. The number of carbonyl (C=O) groups is 2. The number of fused-ring (bicyclic) bond motifs is 1. The van der Waals surface area contributed by atoms with Gasteiger partial charge in [0.1, 0.15) is 5.69 Å². The van der Waals surface area contributed by atoms with Crippen molar-refractivity contribution in [2.24, 2.45) is 0 Å². The van der Waals surface area contributed by atoms with E-state index in [4.69, 9.17) is 0 Å². The van der Waals surface area contributed by atoms with Crippen molar-refractivity contribution < 1.29 is 27.5 Å². The van der Waals surface area contributed by atoms with E-state index in [0.29, 0.717) is 36.2 Å². The summed E-state index contributed by atoms with van der Waals surface area (Å²) in [6, 6.07) is 12.4. The molecule has 0 bridgehead atoms. The van der Waals surface area contributed by atoms with E-state index in [2.05, 4.69) is 32.0 Å². The maximum atomic E-state index is 13.9. The number of aryl methyl sites for hydroxylation is 2. The second-order valence-corrected chi connectivity index (χ2v) is 9.88. The van der Waals surface area contributed by atoms with Crippen LogP contribution in [0.3, 0.4) is 0 Å². The highest BCUT2D eigenvalue weighted by molar-refractivity contribution is 6.04. The van der Waals surface area contributed by atoms with E-state index >= 15 is 0 Å². The Morgan fingerprint density at radius 1 is 1.00 bits per heavy atom. The van der Waals surface area contributed by atoms with Crippen molar-refractivity contribution in [1.29, 1.82) is 0 Å². The van der Waals surface area contributed by atoms with Gasteiger partial charge in [-0.1, -0.05) is 37.3 Å². The number of alkyl halides is 3. The van der Waals surface area contributed by atoms with Crippen LogP contribution >= 0.6 is 0 Å². The number of nitrogens with one attached hydrogen (secondary N) is 1. The van der Waals surface area contributed by atoms with Crippen molar-refractivity contribution >= 4 is 23.2 Å². The number of hydrogen-bond donors (Lipinski definition) is 1. The summed E-state index contributed by atoms with van der Waals surface area (Å²) < 4.78 is 47.9. The number of ether oxygens (including phenoxy) is 1. The molecule has 2 aromatic carbocycles. The number of anilines is 1. The lowest BCUT2D eigenvalue weighted by Gasteiger charge is -2.15. The van der Waals surface area contributed by atoms with Gasteiger partial charge in [0.2, 0.25) is 0 Å². The lowest BCUT2D eigenvalue weighted by Crippen LogP contribution is -2.15. The van der Waals surface area contributed by atoms with Gasteiger partial charge in [0, 0.05) is 29.4 Å². The van der Waals surface area contributed by atoms with Crippen LogP contribution in [0.2, 0.25) is 0 Å². The molecule has 0 fully saturated rings. The van der Waals surface area contributed by atoms with Crippen molar-refractivity contribution in [2.45, 2.75) is 58.0 Å². The van der Waals surface area contributed by atoms with Crippen LogP contribution in [0.5, 0.6) is 0 Å². The number of nitrogens with zero attached hydrogens (tertiary/aromatic N) is 3. The molecule has 4 aromatic rings. The summed E-state index contributed by atoms with van der Waals surface area (Å²) in [7, 11) is 1.34. The van der Waals surface area contributed by atoms with Gasteiger partial charge in [-0.25, -0.2) is 9.50 Å². The summed E-state index contributed by atoms with van der Waals surface area (Å²) in [5, 5.41) is 6.83. The maximum Gasteiger partial charge on any atom is 0.416 e. The standard InChI is InChI=1S/C32H31F3N4O3/c1-22-12-13-25(19-24(22)15-17-27-21-36-29-10-8-18-37-39(27)29)31(41)38-26-16-14-23(28(20-26)32(33,34)35)9-6-4-3-5-7-11-30(40)42-2/h8,10,12-14,16,18-21H,3-7,9,11H2,1-2H3,(H,38,41). The Morgan fingerprint density at radius 2 is 1.79 bits per heavy atom. The number of halogens is 3. The molecule has 0 atom stereocenters. The monoisotopic (exact) mass is 576 g/mol. The summed E-state index contributed by atoms with van der Waals surface area (Å²) in [6.07, 6.45) is 2.97. The molecule has 2 heterocycles. The molecule has 1 amide bonds. The number of esters is 1. The first-order valence-corrected chi connectivity index (χ1v) is 13.7. The zero-order chi connectivity index (χ0) is 30.1. The highest BCUT2D eigenvalue weighted by Crippen LogP contribution is 2.35. The third kappa shape index (κ3) is 7.97. The highest BCUT2D eigenvalue weighted by atomic mass is 19.4. The highest BCUT2D eigenvalue weighted by Gasteiger charge is 2.33. The minimum Gasteiger partial charge on any atom is -0.469 e. The summed E-state index contributed by atoms with van der Waals surface area (Å²) in [5.41, 5.74) is 2.43. The van der Waals surface area contributed by atoms with Gasteiger partial charge in [-0.3, -0.25) is 9.59 Å². The average molecular weight is 577 g/mol. The van der Waals surface area contributed by atoms with Crippen molar-refractivity contribution in [3.05, 3.63) is 94.4 Å². The molecular weight excluding hydrogens is 545 g/mol. The first kappa shape index (κ1) is 30.3. The number of methoxy groups -OCH3 is 1. The van der Waals surface area contributed by atoms with Gasteiger partial charge < -0.3 is 10.1 Å². The maximum absolute atomic E-state index is 13.9. The molecule has 4 rings (SSSR count). The molecule has 2 aromatic heterocycles. The SMILES string of the molecule is COC(=O)CCCCCCCc1ccc(NC(=O)c2ccc(C)c(C#Cc3cnc4cccnn34)c2)cc1C(F)(F)F. The lowest BCUT2D eigenvalue weighted by atomic mass is 9.99. The second kappa shape index (κ2) is 13.8. The van der Waals surface area contributed by atoms with E-state index in [1.807, 2.05) is 13.0 Å². The molecule has 218 valence electrons. The smallest absolute Gasteiger partial charge is 0.416 e. The number of amides is 1. The fraction of sp³-hybridized carbons (Fsp3) is 0.312. The Balaban J connectivity index is 1.42. The minimum absolute atomic E-state index is 0.0592. The number of rotatable bonds is 10. The van der Waals surface area contributed by atoms with Gasteiger partial charge in [-0.2, -0.15) is 18.3 Å². The molecule has 0 radical (unpaired) electrons. The molecule has 0 spiro atoms. The number of hydrogen-bond acceptors (Lipinski definition) is 5. The number of imidazole rings is 1. The molecule has 7 nitrogen and oxygen atoms in total. The Labute approximate surface area is 242 Å². The first-order valence-electron chi connectivity index (χ1n) is 13.7. The zero-order valence-corrected chi connectivity index (χ0v) is 23.4. The van der Waals surface area contributed by atoms with E-state index in [9.17, 15) is 22.8 Å².